The average Bonchev–Trinajstić information content (AvgIpc) is 2.61. The van der Waals surface area contributed by atoms with Crippen LogP contribution in [0, 0.1) is 5.92 Å². The van der Waals surface area contributed by atoms with Crippen molar-refractivity contribution in [1.29, 1.82) is 0 Å². The van der Waals surface area contributed by atoms with Crippen LogP contribution in [0.15, 0.2) is 35.2 Å². The molecular weight excluding hydrogens is 412 g/mol. The van der Waals surface area contributed by atoms with Gasteiger partial charge in [0, 0.05) is 18.5 Å². The zero-order chi connectivity index (χ0) is 21.4. The predicted octanol–water partition coefficient (Wildman–Crippen LogP) is 4.11. The highest BCUT2D eigenvalue weighted by Gasteiger charge is 2.73. The van der Waals surface area contributed by atoms with E-state index in [1.807, 2.05) is 0 Å². The third-order valence-electron chi connectivity index (χ3n) is 5.22. The Labute approximate surface area is 159 Å². The molecule has 1 fully saturated rings. The Bertz CT molecular complexity index is 741. The van der Waals surface area contributed by atoms with E-state index < -0.39 is 52.8 Å². The molecule has 1 aromatic carbocycles. The first kappa shape index (κ1) is 23.0. The van der Waals surface area contributed by atoms with E-state index >= 15 is 0 Å². The molecule has 4 nitrogen and oxygen atoms in total. The summed E-state index contributed by atoms with van der Waals surface area (Å²) in [6.07, 6.45) is -13.4. The van der Waals surface area contributed by atoms with E-state index in [9.17, 15) is 39.9 Å². The molecule has 11 heteroatoms. The minimum Gasteiger partial charge on any atom is -0.373 e. The smallest absolute Gasteiger partial charge is 0.373 e. The van der Waals surface area contributed by atoms with Gasteiger partial charge in [0.25, 0.3) is 5.60 Å². The lowest BCUT2D eigenvalue weighted by atomic mass is 9.74. The van der Waals surface area contributed by atoms with Gasteiger partial charge in [0.2, 0.25) is 10.0 Å². The Morgan fingerprint density at radius 2 is 1.43 bits per heavy atom. The van der Waals surface area contributed by atoms with E-state index in [0.717, 1.165) is 4.31 Å². The van der Waals surface area contributed by atoms with Gasteiger partial charge in [-0.3, -0.25) is 0 Å². The number of hydrogen-bond donors (Lipinski definition) is 1. The second-order valence-corrected chi connectivity index (χ2v) is 8.68. The zero-order valence-corrected chi connectivity index (χ0v) is 15.8. The molecule has 0 unspecified atom stereocenters. The van der Waals surface area contributed by atoms with Gasteiger partial charge >= 0.3 is 12.4 Å². The molecule has 2 rings (SSSR count). The van der Waals surface area contributed by atoms with E-state index in [1.54, 1.807) is 13.0 Å². The summed E-state index contributed by atoms with van der Waals surface area (Å²) in [6.45, 7) is 1.57. The summed E-state index contributed by atoms with van der Waals surface area (Å²) >= 11 is 0. The van der Waals surface area contributed by atoms with E-state index in [0.29, 0.717) is 0 Å². The number of alkyl halides is 6. The maximum atomic E-state index is 13.0. The van der Waals surface area contributed by atoms with Gasteiger partial charge in [-0.25, -0.2) is 8.42 Å². The van der Waals surface area contributed by atoms with Gasteiger partial charge in [-0.05, 0) is 37.8 Å². The van der Waals surface area contributed by atoms with Crippen LogP contribution in [-0.2, 0) is 10.0 Å². The van der Waals surface area contributed by atoms with E-state index in [1.165, 1.54) is 24.3 Å². The average molecular weight is 433 g/mol. The maximum absolute atomic E-state index is 13.0. The van der Waals surface area contributed by atoms with Crippen molar-refractivity contribution in [3.05, 3.63) is 30.3 Å². The topological polar surface area (TPSA) is 57.6 Å². The van der Waals surface area contributed by atoms with Crippen LogP contribution in [0.3, 0.4) is 0 Å². The first-order chi connectivity index (χ1) is 12.8. The Kier molecular flexibility index (Phi) is 6.42. The summed E-state index contributed by atoms with van der Waals surface area (Å²) in [6, 6.07) is 6.66. The SMILES string of the molecule is CCN(C1CCC(C(O)(C(F)(F)F)C(F)(F)F)CC1)S(=O)(=O)c1ccccc1. The lowest BCUT2D eigenvalue weighted by Crippen LogP contribution is -2.62. The molecule has 0 atom stereocenters. The molecule has 0 radical (unpaired) electrons. The van der Waals surface area contributed by atoms with Crippen LogP contribution in [0.25, 0.3) is 0 Å². The number of nitrogens with zero attached hydrogens (tertiary/aromatic N) is 1. The summed E-state index contributed by atoms with van der Waals surface area (Å²) in [4.78, 5) is 0.000983. The van der Waals surface area contributed by atoms with Crippen LogP contribution in [0.2, 0.25) is 0 Å². The van der Waals surface area contributed by atoms with Crippen LogP contribution in [0.4, 0.5) is 26.3 Å². The molecule has 1 aromatic rings. The van der Waals surface area contributed by atoms with Gasteiger partial charge in [0.15, 0.2) is 0 Å². The molecule has 0 aliphatic heterocycles. The molecule has 160 valence electrons. The molecule has 1 aliphatic carbocycles. The summed E-state index contributed by atoms with van der Waals surface area (Å²) in [5.41, 5.74) is -4.81. The lowest BCUT2D eigenvalue weighted by molar-refractivity contribution is -0.387. The van der Waals surface area contributed by atoms with Gasteiger partial charge in [-0.1, -0.05) is 25.1 Å². The first-order valence-electron chi connectivity index (χ1n) is 8.69. The maximum Gasteiger partial charge on any atom is 0.426 e. The lowest BCUT2D eigenvalue weighted by Gasteiger charge is -2.43. The summed E-state index contributed by atoms with van der Waals surface area (Å²) < 4.78 is 105. The number of hydrogen-bond acceptors (Lipinski definition) is 3. The highest BCUT2D eigenvalue weighted by atomic mass is 32.2. The predicted molar refractivity (Wildman–Crippen MR) is 88.8 cm³/mol. The second kappa shape index (κ2) is 7.83. The molecular formula is C17H21F6NO3S. The summed E-state index contributed by atoms with van der Waals surface area (Å²) in [7, 11) is -3.93. The largest absolute Gasteiger partial charge is 0.426 e. The Morgan fingerprint density at radius 1 is 0.964 bits per heavy atom. The quantitative estimate of drug-likeness (QED) is 0.711. The summed E-state index contributed by atoms with van der Waals surface area (Å²) in [5, 5.41) is 9.55. The standard InChI is InChI=1S/C17H21F6NO3S/c1-2-24(28(26,27)14-6-4-3-5-7-14)13-10-8-12(9-11-13)15(25,16(18,19)20)17(21,22)23/h3-7,12-13,25H,2,8-11H2,1H3. The highest BCUT2D eigenvalue weighted by Crippen LogP contribution is 2.52. The monoisotopic (exact) mass is 433 g/mol. The molecule has 1 saturated carbocycles. The molecule has 0 heterocycles. The van der Waals surface area contributed by atoms with Gasteiger partial charge in [0.05, 0.1) is 4.90 Å². The van der Waals surface area contributed by atoms with E-state index in [-0.39, 0.29) is 24.3 Å². The van der Waals surface area contributed by atoms with Gasteiger partial charge in [0.1, 0.15) is 0 Å². The molecule has 1 N–H and O–H groups in total. The fourth-order valence-electron chi connectivity index (χ4n) is 3.76. The highest BCUT2D eigenvalue weighted by molar-refractivity contribution is 7.89. The van der Waals surface area contributed by atoms with Gasteiger partial charge < -0.3 is 5.11 Å². The number of rotatable bonds is 5. The normalized spacial score (nSPS) is 22.5. The molecule has 0 bridgehead atoms. The fraction of sp³-hybridized carbons (Fsp3) is 0.647. The van der Waals surface area contributed by atoms with Crippen molar-refractivity contribution >= 4 is 10.0 Å². The Balaban J connectivity index is 2.22. The number of sulfonamides is 1. The van der Waals surface area contributed by atoms with Crippen LogP contribution in [0.1, 0.15) is 32.6 Å². The first-order valence-corrected chi connectivity index (χ1v) is 10.1. The minimum atomic E-state index is -5.87. The van der Waals surface area contributed by atoms with Crippen LogP contribution in [0.5, 0.6) is 0 Å². The van der Waals surface area contributed by atoms with Crippen molar-refractivity contribution in [3.63, 3.8) is 0 Å². The minimum absolute atomic E-state index is 0.000983. The fourth-order valence-corrected chi connectivity index (χ4v) is 5.47. The van der Waals surface area contributed by atoms with Crippen molar-refractivity contribution in [3.8, 4) is 0 Å². The van der Waals surface area contributed by atoms with Crippen molar-refractivity contribution in [2.45, 2.75) is 61.5 Å². The molecule has 0 amide bonds. The number of benzene rings is 1. The van der Waals surface area contributed by atoms with Crippen molar-refractivity contribution in [2.75, 3.05) is 6.54 Å². The van der Waals surface area contributed by atoms with Crippen molar-refractivity contribution in [1.82, 2.24) is 4.31 Å². The Morgan fingerprint density at radius 3 is 1.82 bits per heavy atom. The third-order valence-corrected chi connectivity index (χ3v) is 7.26. The molecule has 1 aliphatic rings. The van der Waals surface area contributed by atoms with Crippen LogP contribution >= 0.6 is 0 Å². The van der Waals surface area contributed by atoms with E-state index in [2.05, 4.69) is 0 Å². The molecule has 0 spiro atoms. The third kappa shape index (κ3) is 4.02. The molecule has 0 aromatic heterocycles. The van der Waals surface area contributed by atoms with Crippen molar-refractivity contribution in [2.24, 2.45) is 5.92 Å². The van der Waals surface area contributed by atoms with Crippen LogP contribution in [-0.4, -0.2) is 48.4 Å². The van der Waals surface area contributed by atoms with Crippen molar-refractivity contribution < 1.29 is 39.9 Å². The van der Waals surface area contributed by atoms with E-state index in [4.69, 9.17) is 0 Å². The van der Waals surface area contributed by atoms with Gasteiger partial charge in [-0.15, -0.1) is 0 Å². The number of halogens is 6. The number of aliphatic hydroxyl groups is 1. The summed E-state index contributed by atoms with van der Waals surface area (Å²) in [5.74, 6) is -2.08. The Hall–Kier alpha value is -1.33. The molecule has 0 saturated heterocycles. The van der Waals surface area contributed by atoms with Crippen LogP contribution < -0.4 is 0 Å². The molecule has 28 heavy (non-hydrogen) atoms. The van der Waals surface area contributed by atoms with Gasteiger partial charge in [-0.2, -0.15) is 30.6 Å². The zero-order valence-electron chi connectivity index (χ0n) is 15.0. The second-order valence-electron chi connectivity index (χ2n) is 6.79.